The standard InChI is InChI=1S/C11H11F2N3O2S2/c1-6(14)10-5-19-11(15-10)16-20(17,18)7-2-3-8(12)9(13)4-7/h2-6H,14H2,1H3,(H,15,16). The molecule has 0 aliphatic rings. The number of aromatic nitrogens is 1. The van der Waals surface area contributed by atoms with Gasteiger partial charge in [-0.3, -0.25) is 4.72 Å². The summed E-state index contributed by atoms with van der Waals surface area (Å²) in [5, 5.41) is 1.73. The highest BCUT2D eigenvalue weighted by Crippen LogP contribution is 2.23. The number of nitrogens with zero attached hydrogens (tertiary/aromatic N) is 1. The van der Waals surface area contributed by atoms with Crippen molar-refractivity contribution in [3.63, 3.8) is 0 Å². The highest BCUT2D eigenvalue weighted by atomic mass is 32.2. The van der Waals surface area contributed by atoms with E-state index < -0.39 is 21.7 Å². The number of sulfonamides is 1. The molecule has 0 aliphatic carbocycles. The van der Waals surface area contributed by atoms with E-state index in [1.54, 1.807) is 12.3 Å². The number of thiazole rings is 1. The fraction of sp³-hybridized carbons (Fsp3) is 0.182. The monoisotopic (exact) mass is 319 g/mol. The largest absolute Gasteiger partial charge is 0.323 e. The van der Waals surface area contributed by atoms with E-state index in [2.05, 4.69) is 9.71 Å². The van der Waals surface area contributed by atoms with E-state index in [4.69, 9.17) is 5.73 Å². The van der Waals surface area contributed by atoms with Gasteiger partial charge in [-0.25, -0.2) is 22.2 Å². The fourth-order valence-corrected chi connectivity index (χ4v) is 3.44. The summed E-state index contributed by atoms with van der Waals surface area (Å²) in [6.45, 7) is 1.71. The fourth-order valence-electron chi connectivity index (χ4n) is 1.36. The molecule has 1 aromatic carbocycles. The number of benzene rings is 1. The van der Waals surface area contributed by atoms with Gasteiger partial charge in [-0.05, 0) is 25.1 Å². The summed E-state index contributed by atoms with van der Waals surface area (Å²) in [7, 11) is -4.01. The van der Waals surface area contributed by atoms with Crippen LogP contribution in [0.2, 0.25) is 0 Å². The molecule has 108 valence electrons. The van der Waals surface area contributed by atoms with Crippen LogP contribution in [0.5, 0.6) is 0 Å². The van der Waals surface area contributed by atoms with Crippen LogP contribution in [0.4, 0.5) is 13.9 Å². The molecule has 2 aromatic rings. The molecule has 1 aromatic heterocycles. The summed E-state index contributed by atoms with van der Waals surface area (Å²) in [6, 6.07) is 2.00. The SMILES string of the molecule is CC(N)c1csc(NS(=O)(=O)c2ccc(F)c(F)c2)n1. The molecular weight excluding hydrogens is 308 g/mol. The Labute approximate surface area is 118 Å². The van der Waals surface area contributed by atoms with E-state index in [1.807, 2.05) is 0 Å². The van der Waals surface area contributed by atoms with Crippen LogP contribution in [0.15, 0.2) is 28.5 Å². The lowest BCUT2D eigenvalue weighted by atomic mass is 10.3. The second kappa shape index (κ2) is 5.43. The highest BCUT2D eigenvalue weighted by molar-refractivity contribution is 7.93. The van der Waals surface area contributed by atoms with Crippen molar-refractivity contribution in [2.24, 2.45) is 5.73 Å². The van der Waals surface area contributed by atoms with Gasteiger partial charge < -0.3 is 5.73 Å². The Morgan fingerprint density at radius 1 is 1.35 bits per heavy atom. The molecule has 3 N–H and O–H groups in total. The summed E-state index contributed by atoms with van der Waals surface area (Å²) in [6.07, 6.45) is 0. The number of hydrogen-bond donors (Lipinski definition) is 2. The second-order valence-electron chi connectivity index (χ2n) is 4.05. The van der Waals surface area contributed by atoms with Crippen molar-refractivity contribution in [1.29, 1.82) is 0 Å². The van der Waals surface area contributed by atoms with Crippen LogP contribution in [0.1, 0.15) is 18.7 Å². The molecule has 2 rings (SSSR count). The quantitative estimate of drug-likeness (QED) is 0.905. The van der Waals surface area contributed by atoms with Crippen LogP contribution >= 0.6 is 11.3 Å². The van der Waals surface area contributed by atoms with Crippen LogP contribution < -0.4 is 10.5 Å². The summed E-state index contributed by atoms with van der Waals surface area (Å²) >= 11 is 1.06. The minimum absolute atomic E-state index is 0.113. The molecule has 9 heteroatoms. The molecule has 1 atom stereocenters. The first kappa shape index (κ1) is 14.8. The minimum atomic E-state index is -4.01. The van der Waals surface area contributed by atoms with Crippen molar-refractivity contribution < 1.29 is 17.2 Å². The van der Waals surface area contributed by atoms with E-state index in [1.165, 1.54) is 0 Å². The van der Waals surface area contributed by atoms with Crippen LogP contribution in [0.3, 0.4) is 0 Å². The number of anilines is 1. The summed E-state index contributed by atoms with van der Waals surface area (Å²) in [5.41, 5.74) is 6.15. The zero-order valence-electron chi connectivity index (χ0n) is 10.3. The molecule has 0 saturated carbocycles. The number of nitrogens with one attached hydrogen (secondary N) is 1. The third-order valence-electron chi connectivity index (χ3n) is 2.41. The molecular formula is C11H11F2N3O2S2. The van der Waals surface area contributed by atoms with Gasteiger partial charge >= 0.3 is 0 Å². The molecule has 0 fully saturated rings. The maximum atomic E-state index is 13.1. The first-order valence-corrected chi connectivity index (χ1v) is 7.85. The van der Waals surface area contributed by atoms with Crippen molar-refractivity contribution in [2.75, 3.05) is 4.72 Å². The molecule has 5 nitrogen and oxygen atoms in total. The Morgan fingerprint density at radius 2 is 2.05 bits per heavy atom. The van der Waals surface area contributed by atoms with Crippen LogP contribution in [0.25, 0.3) is 0 Å². The van der Waals surface area contributed by atoms with E-state index in [0.29, 0.717) is 11.8 Å². The average molecular weight is 319 g/mol. The molecule has 1 heterocycles. The zero-order valence-corrected chi connectivity index (χ0v) is 11.9. The molecule has 0 saturated heterocycles. The number of hydrogen-bond acceptors (Lipinski definition) is 5. The van der Waals surface area contributed by atoms with Crippen LogP contribution in [-0.4, -0.2) is 13.4 Å². The van der Waals surface area contributed by atoms with E-state index in [-0.39, 0.29) is 16.1 Å². The van der Waals surface area contributed by atoms with E-state index in [0.717, 1.165) is 23.5 Å². The molecule has 0 amide bonds. The topological polar surface area (TPSA) is 85.1 Å². The molecule has 20 heavy (non-hydrogen) atoms. The zero-order chi connectivity index (χ0) is 14.9. The van der Waals surface area contributed by atoms with Gasteiger partial charge in [-0.2, -0.15) is 0 Å². The highest BCUT2D eigenvalue weighted by Gasteiger charge is 2.18. The van der Waals surface area contributed by atoms with Gasteiger partial charge in [0.15, 0.2) is 16.8 Å². The third-order valence-corrected chi connectivity index (χ3v) is 4.65. The minimum Gasteiger partial charge on any atom is -0.323 e. The summed E-state index contributed by atoms with van der Waals surface area (Å²) < 4.78 is 52.0. The van der Waals surface area contributed by atoms with Crippen molar-refractivity contribution in [1.82, 2.24) is 4.98 Å². The Kier molecular flexibility index (Phi) is 4.02. The van der Waals surface area contributed by atoms with Gasteiger partial charge in [-0.1, -0.05) is 0 Å². The van der Waals surface area contributed by atoms with Gasteiger partial charge in [0.1, 0.15) is 0 Å². The lowest BCUT2D eigenvalue weighted by Crippen LogP contribution is -2.13. The van der Waals surface area contributed by atoms with Crippen molar-refractivity contribution >= 4 is 26.5 Å². The van der Waals surface area contributed by atoms with Gasteiger partial charge in [0.2, 0.25) is 0 Å². The van der Waals surface area contributed by atoms with E-state index in [9.17, 15) is 17.2 Å². The third kappa shape index (κ3) is 3.11. The molecule has 0 bridgehead atoms. The molecule has 0 aliphatic heterocycles. The number of halogens is 2. The molecule has 0 radical (unpaired) electrons. The summed E-state index contributed by atoms with van der Waals surface area (Å²) in [4.78, 5) is 3.62. The Bertz CT molecular complexity index is 729. The predicted molar refractivity (Wildman–Crippen MR) is 71.9 cm³/mol. The maximum Gasteiger partial charge on any atom is 0.263 e. The van der Waals surface area contributed by atoms with Gasteiger partial charge in [0.05, 0.1) is 10.6 Å². The van der Waals surface area contributed by atoms with Crippen LogP contribution in [0, 0.1) is 11.6 Å². The van der Waals surface area contributed by atoms with Crippen molar-refractivity contribution in [3.05, 3.63) is 40.9 Å². The molecule has 0 spiro atoms. The average Bonchev–Trinajstić information content (AvgIpc) is 2.80. The lowest BCUT2D eigenvalue weighted by molar-refractivity contribution is 0.504. The van der Waals surface area contributed by atoms with Gasteiger partial charge in [0, 0.05) is 11.4 Å². The van der Waals surface area contributed by atoms with Crippen molar-refractivity contribution in [2.45, 2.75) is 17.9 Å². The maximum absolute atomic E-state index is 13.1. The van der Waals surface area contributed by atoms with E-state index >= 15 is 0 Å². The Morgan fingerprint density at radius 3 is 2.60 bits per heavy atom. The lowest BCUT2D eigenvalue weighted by Gasteiger charge is -2.05. The summed E-state index contributed by atoms with van der Waals surface area (Å²) in [5.74, 6) is -2.35. The number of nitrogens with two attached hydrogens (primary N) is 1. The van der Waals surface area contributed by atoms with Crippen LogP contribution in [-0.2, 0) is 10.0 Å². The van der Waals surface area contributed by atoms with Gasteiger partial charge in [0.25, 0.3) is 10.0 Å². The molecule has 1 unspecified atom stereocenters. The first-order chi connectivity index (χ1) is 9.29. The second-order valence-corrected chi connectivity index (χ2v) is 6.59. The Balaban J connectivity index is 2.28. The first-order valence-electron chi connectivity index (χ1n) is 5.48. The predicted octanol–water partition coefficient (Wildman–Crippen LogP) is 2.24. The van der Waals surface area contributed by atoms with Crippen molar-refractivity contribution in [3.8, 4) is 0 Å². The van der Waals surface area contributed by atoms with Gasteiger partial charge in [-0.15, -0.1) is 11.3 Å². The number of rotatable bonds is 4. The Hall–Kier alpha value is -1.58. The normalized spacial score (nSPS) is 13.2. The smallest absolute Gasteiger partial charge is 0.263 e.